The third-order valence-electron chi connectivity index (χ3n) is 7.12. The average molecular weight is 543 g/mol. The Labute approximate surface area is 217 Å². The Hall–Kier alpha value is -3.02. The summed E-state index contributed by atoms with van der Waals surface area (Å²) in [5.41, 5.74) is -0.883. The van der Waals surface area contributed by atoms with Crippen molar-refractivity contribution in [1.29, 1.82) is 0 Å². The average Bonchev–Trinajstić information content (AvgIpc) is 3.51. The molecular formula is C26H31F5N4O3. The summed E-state index contributed by atoms with van der Waals surface area (Å²) in [5, 5.41) is 16.3. The first-order chi connectivity index (χ1) is 18.0. The predicted octanol–water partition coefficient (Wildman–Crippen LogP) is 5.03. The number of nitrogens with zero attached hydrogens (tertiary/aromatic N) is 3. The van der Waals surface area contributed by atoms with Gasteiger partial charge < -0.3 is 10.4 Å². The lowest BCUT2D eigenvalue weighted by atomic mass is 10.0. The van der Waals surface area contributed by atoms with Crippen LogP contribution in [0.4, 0.5) is 22.0 Å². The van der Waals surface area contributed by atoms with Crippen molar-refractivity contribution in [3.63, 3.8) is 0 Å². The van der Waals surface area contributed by atoms with Crippen molar-refractivity contribution in [2.75, 3.05) is 19.6 Å². The van der Waals surface area contributed by atoms with E-state index in [1.807, 2.05) is 0 Å². The summed E-state index contributed by atoms with van der Waals surface area (Å²) >= 11 is 0. The summed E-state index contributed by atoms with van der Waals surface area (Å²) in [6.45, 7) is 0.240. The molecule has 2 N–H and O–H groups in total. The number of halogens is 5. The second-order valence-electron chi connectivity index (χ2n) is 10.1. The Kier molecular flexibility index (Phi) is 8.69. The third kappa shape index (κ3) is 6.89. The molecule has 38 heavy (non-hydrogen) atoms. The van der Waals surface area contributed by atoms with Crippen molar-refractivity contribution in [2.24, 2.45) is 0 Å². The van der Waals surface area contributed by atoms with Gasteiger partial charge in [0.05, 0.1) is 23.7 Å². The minimum atomic E-state index is -4.61. The van der Waals surface area contributed by atoms with Gasteiger partial charge in [-0.2, -0.15) is 18.3 Å². The van der Waals surface area contributed by atoms with Gasteiger partial charge in [-0.15, -0.1) is 0 Å². The van der Waals surface area contributed by atoms with Crippen molar-refractivity contribution in [3.05, 3.63) is 41.6 Å². The zero-order valence-electron chi connectivity index (χ0n) is 20.8. The van der Waals surface area contributed by atoms with Crippen LogP contribution in [0.2, 0.25) is 0 Å². The van der Waals surface area contributed by atoms with Crippen molar-refractivity contribution < 1.29 is 36.6 Å². The van der Waals surface area contributed by atoms with E-state index in [0.717, 1.165) is 18.9 Å². The van der Waals surface area contributed by atoms with Crippen LogP contribution in [0.1, 0.15) is 67.0 Å². The van der Waals surface area contributed by atoms with Crippen LogP contribution < -0.4 is 5.32 Å². The Morgan fingerprint density at radius 3 is 2.39 bits per heavy atom. The fourth-order valence-electron chi connectivity index (χ4n) is 5.37. The molecule has 2 aliphatic rings. The summed E-state index contributed by atoms with van der Waals surface area (Å²) in [7, 11) is 0. The molecule has 0 spiro atoms. The number of carbonyl (C=O) groups excluding carboxylic acids is 1. The number of benzene rings is 1. The molecule has 1 aliphatic carbocycles. The molecular weight excluding hydrogens is 511 g/mol. The zero-order valence-corrected chi connectivity index (χ0v) is 20.8. The number of aliphatic carboxylic acids is 1. The Bertz CT molecular complexity index is 1120. The molecule has 1 aromatic carbocycles. The number of carboxylic acid groups (broad SMARTS) is 1. The lowest BCUT2D eigenvalue weighted by molar-refractivity contribution is -0.138. The quantitative estimate of drug-likeness (QED) is 0.434. The molecule has 2 fully saturated rings. The summed E-state index contributed by atoms with van der Waals surface area (Å²) < 4.78 is 70.3. The topological polar surface area (TPSA) is 87.5 Å². The summed E-state index contributed by atoms with van der Waals surface area (Å²) in [6, 6.07) is 5.39. The van der Waals surface area contributed by atoms with E-state index in [9.17, 15) is 36.6 Å². The van der Waals surface area contributed by atoms with Gasteiger partial charge in [0.25, 0.3) is 5.91 Å². The smallest absolute Gasteiger partial charge is 0.417 e. The number of hydrogen-bond acceptors (Lipinski definition) is 4. The molecule has 1 saturated heterocycles. The SMILES string of the molecule is O=C(O)C[C@H](CCN1CC(F)CC(F)C1)NC(=O)c1cc(-c2ccccc2C(F)(F)F)n(C2CCCC2)n1. The van der Waals surface area contributed by atoms with Gasteiger partial charge in [0.1, 0.15) is 12.3 Å². The van der Waals surface area contributed by atoms with Crippen LogP contribution in [0, 0.1) is 0 Å². The summed E-state index contributed by atoms with van der Waals surface area (Å²) in [6.07, 6.45) is -4.50. The van der Waals surface area contributed by atoms with E-state index in [-0.39, 0.29) is 55.5 Å². The second kappa shape index (κ2) is 11.8. The van der Waals surface area contributed by atoms with Crippen molar-refractivity contribution >= 4 is 11.9 Å². The fraction of sp³-hybridized carbons (Fsp3) is 0.577. The van der Waals surface area contributed by atoms with E-state index in [1.165, 1.54) is 28.9 Å². The minimum Gasteiger partial charge on any atom is -0.481 e. The number of nitrogens with one attached hydrogen (secondary N) is 1. The molecule has 0 bridgehead atoms. The maximum atomic E-state index is 13.8. The summed E-state index contributed by atoms with van der Waals surface area (Å²) in [4.78, 5) is 26.1. The number of carbonyl (C=O) groups is 2. The third-order valence-corrected chi connectivity index (χ3v) is 7.12. The minimum absolute atomic E-state index is 0.0297. The number of carboxylic acids is 1. The normalized spacial score (nSPS) is 21.9. The standard InChI is InChI=1S/C26H31F5N4O3/c27-16-11-17(28)15-34(14-16)10-9-18(12-24(36)37)32-25(38)22-13-23(35(33-22)19-5-1-2-6-19)20-7-3-4-8-21(20)26(29,30)31/h3-4,7-8,13,16-19H,1-2,5-6,9-12,14-15H2,(H,32,38)(H,36,37)/t16?,17?,18-/m0/s1. The first-order valence-electron chi connectivity index (χ1n) is 12.8. The number of piperidine rings is 1. The van der Waals surface area contributed by atoms with Gasteiger partial charge in [0.15, 0.2) is 5.69 Å². The van der Waals surface area contributed by atoms with Crippen LogP contribution in [0.15, 0.2) is 30.3 Å². The van der Waals surface area contributed by atoms with Crippen LogP contribution in [0.5, 0.6) is 0 Å². The van der Waals surface area contributed by atoms with Gasteiger partial charge >= 0.3 is 12.1 Å². The fourth-order valence-corrected chi connectivity index (χ4v) is 5.37. The van der Waals surface area contributed by atoms with Crippen LogP contribution >= 0.6 is 0 Å². The molecule has 208 valence electrons. The van der Waals surface area contributed by atoms with E-state index in [4.69, 9.17) is 0 Å². The second-order valence-corrected chi connectivity index (χ2v) is 10.1. The number of aromatic nitrogens is 2. The molecule has 12 heteroatoms. The molecule has 1 saturated carbocycles. The zero-order chi connectivity index (χ0) is 27.4. The maximum absolute atomic E-state index is 13.8. The Morgan fingerprint density at radius 1 is 1.11 bits per heavy atom. The monoisotopic (exact) mass is 542 g/mol. The molecule has 1 aliphatic heterocycles. The highest BCUT2D eigenvalue weighted by molar-refractivity contribution is 5.94. The Balaban J connectivity index is 1.57. The van der Waals surface area contributed by atoms with Crippen LogP contribution in [-0.4, -0.2) is 69.7 Å². The highest BCUT2D eigenvalue weighted by Crippen LogP contribution is 2.40. The van der Waals surface area contributed by atoms with Gasteiger partial charge in [-0.3, -0.25) is 19.2 Å². The molecule has 2 aromatic rings. The molecule has 3 atom stereocenters. The van der Waals surface area contributed by atoms with Gasteiger partial charge in [-0.25, -0.2) is 8.78 Å². The van der Waals surface area contributed by atoms with E-state index in [1.54, 1.807) is 4.90 Å². The highest BCUT2D eigenvalue weighted by Gasteiger charge is 2.35. The molecule has 0 radical (unpaired) electrons. The van der Waals surface area contributed by atoms with Gasteiger partial charge in [-0.1, -0.05) is 31.0 Å². The van der Waals surface area contributed by atoms with E-state index in [0.29, 0.717) is 12.8 Å². The lowest BCUT2D eigenvalue weighted by Gasteiger charge is -2.32. The first kappa shape index (κ1) is 28.0. The predicted molar refractivity (Wildman–Crippen MR) is 129 cm³/mol. The highest BCUT2D eigenvalue weighted by atomic mass is 19.4. The number of rotatable bonds is 9. The van der Waals surface area contributed by atoms with Gasteiger partial charge in [0.2, 0.25) is 0 Å². The van der Waals surface area contributed by atoms with Crippen LogP contribution in [0.3, 0.4) is 0 Å². The molecule has 7 nitrogen and oxygen atoms in total. The van der Waals surface area contributed by atoms with Crippen LogP contribution in [0.25, 0.3) is 11.3 Å². The molecule has 1 amide bonds. The number of amides is 1. The summed E-state index contributed by atoms with van der Waals surface area (Å²) in [5.74, 6) is -1.89. The molecule has 4 rings (SSSR count). The number of hydrogen-bond donors (Lipinski definition) is 2. The van der Waals surface area contributed by atoms with Crippen molar-refractivity contribution in [2.45, 2.75) is 75.5 Å². The maximum Gasteiger partial charge on any atom is 0.417 e. The Morgan fingerprint density at radius 2 is 1.76 bits per heavy atom. The van der Waals surface area contributed by atoms with E-state index < -0.39 is 48.4 Å². The van der Waals surface area contributed by atoms with Gasteiger partial charge in [0, 0.05) is 37.7 Å². The first-order valence-corrected chi connectivity index (χ1v) is 12.8. The van der Waals surface area contributed by atoms with Crippen LogP contribution in [-0.2, 0) is 11.0 Å². The van der Waals surface area contributed by atoms with E-state index in [2.05, 4.69) is 10.4 Å². The van der Waals surface area contributed by atoms with Gasteiger partial charge in [-0.05, 0) is 31.4 Å². The molecule has 1 aromatic heterocycles. The number of alkyl halides is 5. The molecule has 2 unspecified atom stereocenters. The lowest BCUT2D eigenvalue weighted by Crippen LogP contribution is -2.45. The number of likely N-dealkylation sites (tertiary alicyclic amines) is 1. The van der Waals surface area contributed by atoms with Crippen molar-refractivity contribution in [3.8, 4) is 11.3 Å². The van der Waals surface area contributed by atoms with Crippen molar-refractivity contribution in [1.82, 2.24) is 20.0 Å². The largest absolute Gasteiger partial charge is 0.481 e. The van der Waals surface area contributed by atoms with E-state index >= 15 is 0 Å². The molecule has 2 heterocycles.